The van der Waals surface area contributed by atoms with Gasteiger partial charge in [0.15, 0.2) is 0 Å². The van der Waals surface area contributed by atoms with Crippen molar-refractivity contribution in [3.05, 3.63) is 42.4 Å². The fraction of sp³-hybridized carbons (Fsp3) is 0.435. The fourth-order valence-corrected chi connectivity index (χ4v) is 4.71. The molecule has 0 spiro atoms. The van der Waals surface area contributed by atoms with E-state index in [0.717, 1.165) is 42.6 Å². The second kappa shape index (κ2) is 9.98. The summed E-state index contributed by atoms with van der Waals surface area (Å²) >= 11 is 0. The summed E-state index contributed by atoms with van der Waals surface area (Å²) in [6, 6.07) is 7.47. The van der Waals surface area contributed by atoms with Crippen LogP contribution in [0.3, 0.4) is 0 Å². The molecule has 0 radical (unpaired) electrons. The largest absolute Gasteiger partial charge is 0.472 e. The van der Waals surface area contributed by atoms with E-state index in [2.05, 4.69) is 29.5 Å². The van der Waals surface area contributed by atoms with Crippen molar-refractivity contribution in [1.82, 2.24) is 19.9 Å². The number of likely N-dealkylation sites (tertiary alicyclic amines) is 1. The predicted molar refractivity (Wildman–Crippen MR) is 131 cm³/mol. The van der Waals surface area contributed by atoms with E-state index in [-0.39, 0.29) is 12.7 Å². The zero-order chi connectivity index (χ0) is 23.4. The Morgan fingerprint density at radius 3 is 2.94 bits per heavy atom. The van der Waals surface area contributed by atoms with Crippen LogP contribution in [0.5, 0.6) is 5.88 Å². The molecule has 2 N–H and O–H groups in total. The normalized spacial score (nSPS) is 17.2. The number of rotatable bonds is 7. The summed E-state index contributed by atoms with van der Waals surface area (Å²) in [7, 11) is -2.27. The number of hydrogen-bond donors (Lipinski definition) is 2. The summed E-state index contributed by atoms with van der Waals surface area (Å²) in [4.78, 5) is 15.5. The van der Waals surface area contributed by atoms with E-state index in [1.54, 1.807) is 18.7 Å². The van der Waals surface area contributed by atoms with Gasteiger partial charge in [-0.1, -0.05) is 0 Å². The zero-order valence-corrected chi connectivity index (χ0v) is 20.0. The molecule has 3 heterocycles. The number of benzene rings is 1. The molecule has 0 unspecified atom stereocenters. The quantitative estimate of drug-likeness (QED) is 0.541. The highest BCUT2D eigenvalue weighted by Crippen LogP contribution is 2.33. The number of β-amino-alcohol motifs (C(OH)–C–C–N with tert-alkyl or cyclic N) is 1. The summed E-state index contributed by atoms with van der Waals surface area (Å²) < 4.78 is 22.7. The van der Waals surface area contributed by atoms with Gasteiger partial charge >= 0.3 is 0 Å². The minimum absolute atomic E-state index is 0.00625. The van der Waals surface area contributed by atoms with E-state index in [1.165, 1.54) is 6.33 Å². The Bertz CT molecular complexity index is 1250. The molecule has 9 nitrogen and oxygen atoms in total. The van der Waals surface area contributed by atoms with Gasteiger partial charge in [-0.2, -0.15) is 4.36 Å². The Morgan fingerprint density at radius 1 is 1.30 bits per heavy atom. The third kappa shape index (κ3) is 5.95. The Hall–Kier alpha value is -2.82. The number of pyridine rings is 1. The first-order valence-electron chi connectivity index (χ1n) is 11.0. The molecule has 1 aromatic carbocycles. The van der Waals surface area contributed by atoms with Crippen LogP contribution < -0.4 is 10.1 Å². The molecule has 0 saturated carbocycles. The molecular formula is C23H30N6O3S. The van der Waals surface area contributed by atoms with Gasteiger partial charge in [-0.3, -0.25) is 4.90 Å². The Morgan fingerprint density at radius 2 is 2.15 bits per heavy atom. The van der Waals surface area contributed by atoms with Crippen molar-refractivity contribution in [1.29, 1.82) is 0 Å². The van der Waals surface area contributed by atoms with Gasteiger partial charge in [0.1, 0.15) is 23.9 Å². The summed E-state index contributed by atoms with van der Waals surface area (Å²) in [6.45, 7) is 4.49. The number of fused-ring (bicyclic) bond motifs is 1. The zero-order valence-electron chi connectivity index (χ0n) is 19.2. The molecule has 176 valence electrons. The molecule has 1 aliphatic heterocycles. The van der Waals surface area contributed by atoms with Crippen molar-refractivity contribution in [2.24, 2.45) is 4.36 Å². The van der Waals surface area contributed by atoms with Gasteiger partial charge in [0.2, 0.25) is 5.88 Å². The maximum Gasteiger partial charge on any atom is 0.238 e. The van der Waals surface area contributed by atoms with Gasteiger partial charge in [-0.25, -0.2) is 19.2 Å². The van der Waals surface area contributed by atoms with Crippen molar-refractivity contribution in [2.45, 2.75) is 25.9 Å². The van der Waals surface area contributed by atoms with Crippen LogP contribution in [0, 0.1) is 6.92 Å². The van der Waals surface area contributed by atoms with Gasteiger partial charge in [0.25, 0.3) is 0 Å². The number of aryl methyl sites for hydroxylation is 1. The average Bonchev–Trinajstić information content (AvgIpc) is 2.74. The lowest BCUT2D eigenvalue weighted by molar-refractivity contribution is 0.0743. The Balaban J connectivity index is 1.62. The van der Waals surface area contributed by atoms with E-state index in [9.17, 15) is 9.32 Å². The third-order valence-corrected chi connectivity index (χ3v) is 6.08. The van der Waals surface area contributed by atoms with Crippen LogP contribution in [-0.4, -0.2) is 74.0 Å². The molecule has 1 aliphatic rings. The van der Waals surface area contributed by atoms with Gasteiger partial charge in [0.05, 0.1) is 17.8 Å². The highest BCUT2D eigenvalue weighted by atomic mass is 32.2. The first-order valence-corrected chi connectivity index (χ1v) is 13.3. The van der Waals surface area contributed by atoms with E-state index in [4.69, 9.17) is 4.74 Å². The van der Waals surface area contributed by atoms with Gasteiger partial charge < -0.3 is 15.2 Å². The molecule has 33 heavy (non-hydrogen) atoms. The minimum Gasteiger partial charge on any atom is -0.472 e. The molecule has 0 aliphatic carbocycles. The van der Waals surface area contributed by atoms with Gasteiger partial charge in [-0.05, 0) is 56.1 Å². The number of ether oxygens (including phenoxy) is 1. The fourth-order valence-electron chi connectivity index (χ4n) is 4.09. The SMILES string of the molecule is Cc1cc(N=S(C)(C)=O)cc2ncnc(Nc3cccnc3O[C@@H]3CCCN(CCO)C3)c12. The summed E-state index contributed by atoms with van der Waals surface area (Å²) in [6.07, 6.45) is 8.39. The minimum atomic E-state index is -2.27. The number of hydrogen-bond acceptors (Lipinski definition) is 9. The maximum atomic E-state index is 12.1. The topological polar surface area (TPSA) is 113 Å². The number of anilines is 2. The molecule has 10 heteroatoms. The molecule has 1 fully saturated rings. The van der Waals surface area contributed by atoms with Crippen molar-refractivity contribution in [3.8, 4) is 5.88 Å². The predicted octanol–water partition coefficient (Wildman–Crippen LogP) is 3.27. The van der Waals surface area contributed by atoms with Crippen LogP contribution in [0.25, 0.3) is 10.9 Å². The molecule has 1 saturated heterocycles. The molecule has 1 atom stereocenters. The maximum absolute atomic E-state index is 12.1. The van der Waals surface area contributed by atoms with E-state index in [1.807, 2.05) is 31.2 Å². The Kier molecular flexibility index (Phi) is 7.06. The van der Waals surface area contributed by atoms with Crippen molar-refractivity contribution < 1.29 is 14.1 Å². The summed E-state index contributed by atoms with van der Waals surface area (Å²) in [5, 5.41) is 13.5. The molecule has 3 aromatic rings. The first kappa shape index (κ1) is 23.3. The van der Waals surface area contributed by atoms with Gasteiger partial charge in [-0.15, -0.1) is 0 Å². The average molecular weight is 471 g/mol. The first-order chi connectivity index (χ1) is 15.8. The number of piperidine rings is 1. The summed E-state index contributed by atoms with van der Waals surface area (Å²) in [5.41, 5.74) is 2.99. The third-order valence-electron chi connectivity index (χ3n) is 5.43. The van der Waals surface area contributed by atoms with Crippen LogP contribution in [0.15, 0.2) is 41.2 Å². The van der Waals surface area contributed by atoms with Crippen molar-refractivity contribution in [3.63, 3.8) is 0 Å². The number of aliphatic hydroxyl groups excluding tert-OH is 1. The number of nitrogens with zero attached hydrogens (tertiary/aromatic N) is 5. The molecular weight excluding hydrogens is 440 g/mol. The van der Waals surface area contributed by atoms with Crippen LogP contribution >= 0.6 is 0 Å². The second-order valence-electron chi connectivity index (χ2n) is 8.54. The van der Waals surface area contributed by atoms with E-state index >= 15 is 0 Å². The molecule has 2 aromatic heterocycles. The van der Waals surface area contributed by atoms with Gasteiger partial charge in [0, 0.05) is 46.9 Å². The van der Waals surface area contributed by atoms with Crippen LogP contribution in [0.4, 0.5) is 17.2 Å². The summed E-state index contributed by atoms with van der Waals surface area (Å²) in [5.74, 6) is 1.15. The van der Waals surface area contributed by atoms with Crippen molar-refractivity contribution >= 4 is 37.8 Å². The standard InChI is InChI=1S/C23H30N6O3S/c1-16-12-17(28-33(2,3)31)13-20-21(16)22(26-15-25-20)27-19-7-4-8-24-23(19)32-18-6-5-9-29(14-18)10-11-30/h4,7-8,12-13,15,18,30H,5-6,9-11,14H2,1-3H3,(H,25,26,27)/t18-/m1/s1. The monoisotopic (exact) mass is 470 g/mol. The van der Waals surface area contributed by atoms with E-state index < -0.39 is 9.73 Å². The van der Waals surface area contributed by atoms with Crippen molar-refractivity contribution in [2.75, 3.05) is 44.1 Å². The molecule has 0 amide bonds. The van der Waals surface area contributed by atoms with Crippen LogP contribution in [-0.2, 0) is 9.73 Å². The number of aromatic nitrogens is 3. The number of aliphatic hydroxyl groups is 1. The molecule has 4 rings (SSSR count). The molecule has 0 bridgehead atoms. The lowest BCUT2D eigenvalue weighted by Crippen LogP contribution is -2.42. The van der Waals surface area contributed by atoms with E-state index in [0.29, 0.717) is 29.4 Å². The second-order valence-corrected chi connectivity index (χ2v) is 11.1. The number of nitrogens with one attached hydrogen (secondary N) is 1. The lowest BCUT2D eigenvalue weighted by Gasteiger charge is -2.32. The Labute approximate surface area is 194 Å². The lowest BCUT2D eigenvalue weighted by atomic mass is 10.1. The highest BCUT2D eigenvalue weighted by molar-refractivity contribution is 7.92. The van der Waals surface area contributed by atoms with Crippen LogP contribution in [0.1, 0.15) is 18.4 Å². The van der Waals surface area contributed by atoms with Crippen LogP contribution in [0.2, 0.25) is 0 Å². The smallest absolute Gasteiger partial charge is 0.238 e. The highest BCUT2D eigenvalue weighted by Gasteiger charge is 2.22.